The number of ether oxygens (including phenoxy) is 1. The number of furan rings is 1. The van der Waals surface area contributed by atoms with Crippen LogP contribution in [0.3, 0.4) is 0 Å². The number of piperidine rings is 1. The average Bonchev–Trinajstić information content (AvgIpc) is 3.35. The highest BCUT2D eigenvalue weighted by atomic mass is 16.5. The van der Waals surface area contributed by atoms with E-state index in [4.69, 9.17) is 9.15 Å². The van der Waals surface area contributed by atoms with Gasteiger partial charge in [0.2, 0.25) is 0 Å². The van der Waals surface area contributed by atoms with Crippen LogP contribution in [0, 0.1) is 5.92 Å². The number of carbonyl (C=O) groups is 2. The molecular formula is C24H23N3O5. The van der Waals surface area contributed by atoms with Crippen LogP contribution < -0.4 is 15.6 Å². The number of benzene rings is 1. The van der Waals surface area contributed by atoms with Gasteiger partial charge in [-0.2, -0.15) is 0 Å². The molecule has 0 radical (unpaired) electrons. The molecule has 2 unspecified atom stereocenters. The molecule has 2 amide bonds. The first-order chi connectivity index (χ1) is 15.6. The number of pyridine rings is 1. The van der Waals surface area contributed by atoms with E-state index >= 15 is 0 Å². The first-order valence-corrected chi connectivity index (χ1v) is 10.6. The largest absolute Gasteiger partial charge is 0.484 e. The SMILES string of the molecule is O=C(Nc1ccc(=O)n2c1C1CC(CN(C(=O)COc3ccccc3)C1)C2)c1ccco1. The van der Waals surface area contributed by atoms with E-state index in [1.165, 1.54) is 12.3 Å². The van der Waals surface area contributed by atoms with Crippen LogP contribution in [0.4, 0.5) is 5.69 Å². The average molecular weight is 433 g/mol. The summed E-state index contributed by atoms with van der Waals surface area (Å²) in [7, 11) is 0. The predicted octanol–water partition coefficient (Wildman–Crippen LogP) is 2.72. The molecule has 0 aliphatic carbocycles. The lowest BCUT2D eigenvalue weighted by Crippen LogP contribution is -2.50. The summed E-state index contributed by atoms with van der Waals surface area (Å²) in [6.07, 6.45) is 2.29. The first kappa shape index (κ1) is 20.1. The molecule has 2 atom stereocenters. The van der Waals surface area contributed by atoms with Crippen molar-refractivity contribution in [2.75, 3.05) is 25.0 Å². The number of rotatable bonds is 5. The van der Waals surface area contributed by atoms with Gasteiger partial charge in [-0.05, 0) is 42.7 Å². The van der Waals surface area contributed by atoms with Crippen LogP contribution in [0.2, 0.25) is 0 Å². The number of amides is 2. The molecule has 1 N–H and O–H groups in total. The molecule has 5 rings (SSSR count). The Balaban J connectivity index is 1.35. The highest BCUT2D eigenvalue weighted by molar-refractivity contribution is 6.02. The van der Waals surface area contributed by atoms with Crippen molar-refractivity contribution in [2.45, 2.75) is 18.9 Å². The summed E-state index contributed by atoms with van der Waals surface area (Å²) in [5.41, 5.74) is 1.23. The topological polar surface area (TPSA) is 93.8 Å². The third kappa shape index (κ3) is 3.91. The molecule has 2 aliphatic heterocycles. The molecule has 3 aromatic rings. The van der Waals surface area contributed by atoms with Gasteiger partial charge in [-0.25, -0.2) is 0 Å². The second-order valence-corrected chi connectivity index (χ2v) is 8.21. The van der Waals surface area contributed by atoms with Gasteiger partial charge in [0.25, 0.3) is 17.4 Å². The third-order valence-corrected chi connectivity index (χ3v) is 6.04. The van der Waals surface area contributed by atoms with E-state index in [9.17, 15) is 14.4 Å². The second kappa shape index (κ2) is 8.37. The van der Waals surface area contributed by atoms with Crippen molar-refractivity contribution >= 4 is 17.5 Å². The minimum Gasteiger partial charge on any atom is -0.484 e. The van der Waals surface area contributed by atoms with Crippen LogP contribution in [-0.4, -0.2) is 41.0 Å². The fourth-order valence-corrected chi connectivity index (χ4v) is 4.67. The van der Waals surface area contributed by atoms with Gasteiger partial charge >= 0.3 is 0 Å². The highest BCUT2D eigenvalue weighted by Gasteiger charge is 2.38. The van der Waals surface area contributed by atoms with Crippen LogP contribution in [0.5, 0.6) is 5.75 Å². The predicted molar refractivity (Wildman–Crippen MR) is 117 cm³/mol. The van der Waals surface area contributed by atoms with E-state index in [2.05, 4.69) is 5.32 Å². The number of fused-ring (bicyclic) bond motifs is 4. The smallest absolute Gasteiger partial charge is 0.291 e. The third-order valence-electron chi connectivity index (χ3n) is 6.04. The summed E-state index contributed by atoms with van der Waals surface area (Å²) in [5, 5.41) is 2.87. The number of para-hydroxylation sites is 1. The minimum absolute atomic E-state index is 0.0346. The molecule has 164 valence electrons. The molecule has 2 aromatic heterocycles. The molecule has 1 aromatic carbocycles. The molecule has 0 saturated carbocycles. The number of nitrogens with zero attached hydrogens (tertiary/aromatic N) is 2. The fraction of sp³-hybridized carbons (Fsp3) is 0.292. The Bertz CT molecular complexity index is 1190. The Morgan fingerprint density at radius 3 is 2.66 bits per heavy atom. The van der Waals surface area contributed by atoms with Gasteiger partial charge in [0, 0.05) is 37.3 Å². The molecule has 4 heterocycles. The zero-order chi connectivity index (χ0) is 22.1. The second-order valence-electron chi connectivity index (χ2n) is 8.21. The van der Waals surface area contributed by atoms with Gasteiger partial charge in [-0.15, -0.1) is 0 Å². The van der Waals surface area contributed by atoms with Crippen molar-refractivity contribution < 1.29 is 18.7 Å². The van der Waals surface area contributed by atoms with E-state index in [1.807, 2.05) is 30.3 Å². The summed E-state index contributed by atoms with van der Waals surface area (Å²) in [5.74, 6) is 0.509. The lowest BCUT2D eigenvalue weighted by Gasteiger charge is -2.43. The maximum absolute atomic E-state index is 12.8. The lowest BCUT2D eigenvalue weighted by atomic mass is 9.82. The van der Waals surface area contributed by atoms with Crippen molar-refractivity contribution in [3.05, 3.63) is 82.7 Å². The van der Waals surface area contributed by atoms with Gasteiger partial charge in [0.1, 0.15) is 5.75 Å². The maximum atomic E-state index is 12.8. The Kier molecular flexibility index (Phi) is 5.26. The Labute approximate surface area is 184 Å². The summed E-state index contributed by atoms with van der Waals surface area (Å²) >= 11 is 0. The van der Waals surface area contributed by atoms with Crippen molar-refractivity contribution in [1.82, 2.24) is 9.47 Å². The summed E-state index contributed by atoms with van der Waals surface area (Å²) in [4.78, 5) is 39.8. The Morgan fingerprint density at radius 1 is 1.03 bits per heavy atom. The fourth-order valence-electron chi connectivity index (χ4n) is 4.67. The number of hydrogen-bond acceptors (Lipinski definition) is 5. The highest BCUT2D eigenvalue weighted by Crippen LogP contribution is 2.38. The zero-order valence-electron chi connectivity index (χ0n) is 17.4. The van der Waals surface area contributed by atoms with Crippen molar-refractivity contribution in [2.24, 2.45) is 5.92 Å². The molecule has 1 fully saturated rings. The standard InChI is InChI=1S/C24H23N3O5/c28-21-9-8-19(25-24(30)20-7-4-10-31-20)23-17-11-16(13-27(21)23)12-26(14-17)22(29)15-32-18-5-2-1-3-6-18/h1-10,16-17H,11-15H2,(H,25,30). The van der Waals surface area contributed by atoms with Gasteiger partial charge in [-0.1, -0.05) is 18.2 Å². The molecule has 8 heteroatoms. The quantitative estimate of drug-likeness (QED) is 0.668. The van der Waals surface area contributed by atoms with E-state index in [-0.39, 0.29) is 41.6 Å². The number of nitrogens with one attached hydrogen (secondary N) is 1. The molecule has 32 heavy (non-hydrogen) atoms. The number of carbonyl (C=O) groups excluding carboxylic acids is 2. The van der Waals surface area contributed by atoms with Crippen molar-refractivity contribution in [1.29, 1.82) is 0 Å². The molecule has 8 nitrogen and oxygen atoms in total. The first-order valence-electron chi connectivity index (χ1n) is 10.6. The minimum atomic E-state index is -0.376. The van der Waals surface area contributed by atoms with Crippen LogP contribution in [0.1, 0.15) is 28.6 Å². The van der Waals surface area contributed by atoms with E-state index in [1.54, 1.807) is 27.7 Å². The van der Waals surface area contributed by atoms with E-state index in [0.29, 0.717) is 31.1 Å². The summed E-state index contributed by atoms with van der Waals surface area (Å²) < 4.78 is 12.6. The van der Waals surface area contributed by atoms with E-state index < -0.39 is 0 Å². The van der Waals surface area contributed by atoms with Crippen LogP contribution in [-0.2, 0) is 11.3 Å². The van der Waals surface area contributed by atoms with Crippen LogP contribution >= 0.6 is 0 Å². The van der Waals surface area contributed by atoms with Gasteiger partial charge in [-0.3, -0.25) is 14.4 Å². The molecule has 0 spiro atoms. The molecule has 1 saturated heterocycles. The number of likely N-dealkylation sites (tertiary alicyclic amines) is 1. The molecule has 2 bridgehead atoms. The van der Waals surface area contributed by atoms with Crippen molar-refractivity contribution in [3.8, 4) is 5.75 Å². The van der Waals surface area contributed by atoms with Gasteiger partial charge in [0.05, 0.1) is 12.0 Å². The Morgan fingerprint density at radius 2 is 1.88 bits per heavy atom. The molecular weight excluding hydrogens is 410 g/mol. The van der Waals surface area contributed by atoms with Crippen molar-refractivity contribution in [3.63, 3.8) is 0 Å². The van der Waals surface area contributed by atoms with E-state index in [0.717, 1.165) is 12.1 Å². The molecule has 2 aliphatic rings. The van der Waals surface area contributed by atoms with Crippen LogP contribution in [0.25, 0.3) is 0 Å². The lowest BCUT2D eigenvalue weighted by molar-refractivity contribution is -0.136. The zero-order valence-corrected chi connectivity index (χ0v) is 17.4. The monoisotopic (exact) mass is 433 g/mol. The number of aromatic nitrogens is 1. The number of anilines is 1. The van der Waals surface area contributed by atoms with Crippen LogP contribution in [0.15, 0.2) is 70.1 Å². The van der Waals surface area contributed by atoms with Gasteiger partial charge in [0.15, 0.2) is 12.4 Å². The van der Waals surface area contributed by atoms with Gasteiger partial charge < -0.3 is 23.9 Å². The number of hydrogen-bond donors (Lipinski definition) is 1. The summed E-state index contributed by atoms with van der Waals surface area (Å²) in [6.45, 7) is 1.54. The summed E-state index contributed by atoms with van der Waals surface area (Å²) in [6, 6.07) is 15.6. The maximum Gasteiger partial charge on any atom is 0.291 e. The normalized spacial score (nSPS) is 19.2. The Hall–Kier alpha value is -3.81.